The van der Waals surface area contributed by atoms with Crippen LogP contribution in [0.25, 0.3) is 0 Å². The molecular weight excluding hydrogens is 1170 g/mol. The summed E-state index contributed by atoms with van der Waals surface area (Å²) in [5.74, 6) is -6.16. The Kier molecular flexibility index (Phi) is 43.4. The number of allylic oxidation sites excluding steroid dienone is 3. The Morgan fingerprint density at radius 3 is 1.51 bits per heavy atom. The van der Waals surface area contributed by atoms with Crippen LogP contribution in [-0.2, 0) is 42.8 Å². The van der Waals surface area contributed by atoms with Crippen molar-refractivity contribution in [3.63, 3.8) is 0 Å². The molecule has 3 heterocycles. The zero-order valence-corrected chi connectivity index (χ0v) is 54.7. The molecule has 0 aromatic carbocycles. The number of carboxylic acid groups (broad SMARTS) is 1. The van der Waals surface area contributed by atoms with Gasteiger partial charge in [0.2, 0.25) is 11.8 Å². The van der Waals surface area contributed by atoms with E-state index in [4.69, 9.17) is 28.4 Å². The van der Waals surface area contributed by atoms with Gasteiger partial charge in [-0.2, -0.15) is 0 Å². The van der Waals surface area contributed by atoms with Crippen molar-refractivity contribution in [1.82, 2.24) is 10.6 Å². The lowest BCUT2D eigenvalue weighted by molar-refractivity contribution is -0.386. The molecule has 23 heteroatoms. The van der Waals surface area contributed by atoms with Crippen LogP contribution in [0.3, 0.4) is 0 Å². The highest BCUT2D eigenvalue weighted by molar-refractivity contribution is 5.77. The topological polar surface area (TPSA) is 373 Å². The lowest BCUT2D eigenvalue weighted by atomic mass is 9.88. The molecule has 18 unspecified atom stereocenters. The number of hydrogen-bond donors (Lipinski definition) is 14. The minimum atomic E-state index is -3.08. The maximum absolute atomic E-state index is 13.4. The predicted molar refractivity (Wildman–Crippen MR) is 338 cm³/mol. The van der Waals surface area contributed by atoms with Crippen molar-refractivity contribution in [1.29, 1.82) is 0 Å². The molecule has 0 aliphatic carbocycles. The third-order valence-corrected chi connectivity index (χ3v) is 17.6. The number of carboxylic acids is 1. The summed E-state index contributed by atoms with van der Waals surface area (Å²) in [5, 5.41) is 136. The third kappa shape index (κ3) is 30.3. The summed E-state index contributed by atoms with van der Waals surface area (Å²) in [4.78, 5) is 38.5. The Hall–Kier alpha value is -2.79. The Morgan fingerprint density at radius 1 is 0.578 bits per heavy atom. The van der Waals surface area contributed by atoms with E-state index in [9.17, 15) is 75.7 Å². The molecule has 3 saturated heterocycles. The number of hydrogen-bond acceptors (Lipinski definition) is 20. The van der Waals surface area contributed by atoms with Crippen molar-refractivity contribution >= 4 is 17.8 Å². The second-order valence-corrected chi connectivity index (χ2v) is 25.4. The van der Waals surface area contributed by atoms with E-state index < -0.39 is 155 Å². The van der Waals surface area contributed by atoms with E-state index in [2.05, 4.69) is 36.6 Å². The molecule has 2 amide bonds. The van der Waals surface area contributed by atoms with Gasteiger partial charge in [0.25, 0.3) is 5.79 Å². The molecule has 0 aromatic rings. The zero-order chi connectivity index (χ0) is 66.1. The first-order valence-electron chi connectivity index (χ1n) is 34.7. The predicted octanol–water partition coefficient (Wildman–Crippen LogP) is 6.06. The van der Waals surface area contributed by atoms with Crippen LogP contribution in [0, 0.1) is 0 Å². The highest BCUT2D eigenvalue weighted by Crippen LogP contribution is 2.39. The standard InChI is InChI=1S/C67H122N2O21/c1-4-6-8-10-12-14-16-18-19-20-21-22-23-24-25-26-27-29-30-32-34-36-38-40-49(74)48(69-54(77)41-39-37-35-33-31-28-17-15-13-11-9-7-5-2)46-85-64-59(81)58(80)61(53(45-72)87-64)88-65-60(82)63(57(79)52(44-71)86-65)90-67(66(83)84)42-50(75)55(68-47(3)73)62(89-67)56(78)51(76)43-70/h28,31,38,40,48-53,55-65,70-72,74-76,78-82H,4-27,29-30,32-37,39,41-46H2,1-3H3,(H,68,73)(H,69,77)(H,83,84)/b31-28-,40-38+. The molecule has 18 atom stereocenters. The van der Waals surface area contributed by atoms with Gasteiger partial charge in [0, 0.05) is 19.8 Å². The van der Waals surface area contributed by atoms with Gasteiger partial charge in [-0.25, -0.2) is 4.79 Å². The van der Waals surface area contributed by atoms with Crippen LogP contribution in [0.1, 0.15) is 245 Å². The van der Waals surface area contributed by atoms with Crippen LogP contribution in [-0.4, -0.2) is 215 Å². The van der Waals surface area contributed by atoms with Crippen LogP contribution in [0.15, 0.2) is 24.3 Å². The number of aliphatic hydroxyl groups excluding tert-OH is 11. The first kappa shape index (κ1) is 81.4. The molecule has 0 bridgehead atoms. The van der Waals surface area contributed by atoms with Gasteiger partial charge in [0.15, 0.2) is 12.6 Å². The van der Waals surface area contributed by atoms with Gasteiger partial charge in [-0.05, 0) is 44.9 Å². The molecule has 14 N–H and O–H groups in total. The zero-order valence-electron chi connectivity index (χ0n) is 54.7. The molecule has 3 rings (SSSR count). The van der Waals surface area contributed by atoms with Gasteiger partial charge in [0.1, 0.15) is 67.1 Å². The SMILES string of the molecule is CCCCCCCC/C=C\CCCCCC(=O)NC(COC1OC(CO)C(OC2OC(CO)C(O)C(OC3(C(=O)O)CC(O)C(NC(C)=O)C(C(O)C(O)CO)O3)C2O)C(O)C1O)C(O)/C=C/CCCCCCCCCCCCCCCCCCCCCCC. The van der Waals surface area contributed by atoms with Crippen molar-refractivity contribution in [2.75, 3.05) is 26.4 Å². The summed E-state index contributed by atoms with van der Waals surface area (Å²) >= 11 is 0. The average molecular weight is 1290 g/mol. The van der Waals surface area contributed by atoms with E-state index in [-0.39, 0.29) is 12.3 Å². The lowest BCUT2D eigenvalue weighted by Gasteiger charge is -2.50. The summed E-state index contributed by atoms with van der Waals surface area (Å²) < 4.78 is 34.8. The van der Waals surface area contributed by atoms with Gasteiger partial charge < -0.3 is 100 Å². The molecule has 0 radical (unpaired) electrons. The minimum absolute atomic E-state index is 0.180. The summed E-state index contributed by atoms with van der Waals surface area (Å²) in [6.07, 6.45) is 18.1. The van der Waals surface area contributed by atoms with Gasteiger partial charge in [-0.3, -0.25) is 9.59 Å². The Labute approximate surface area is 536 Å². The van der Waals surface area contributed by atoms with Crippen molar-refractivity contribution in [2.45, 2.75) is 355 Å². The first-order chi connectivity index (χ1) is 43.4. The quantitative estimate of drug-likeness (QED) is 0.0243. The van der Waals surface area contributed by atoms with Gasteiger partial charge in [-0.15, -0.1) is 0 Å². The normalized spacial score (nSPS) is 28.7. The fourth-order valence-electron chi connectivity index (χ4n) is 12.1. The molecule has 526 valence electrons. The highest BCUT2D eigenvalue weighted by Gasteiger charge is 2.60. The second-order valence-electron chi connectivity index (χ2n) is 25.4. The third-order valence-electron chi connectivity index (χ3n) is 17.6. The fraction of sp³-hybridized carbons (Fsp3) is 0.896. The largest absolute Gasteiger partial charge is 0.477 e. The van der Waals surface area contributed by atoms with Crippen molar-refractivity contribution in [2.24, 2.45) is 0 Å². The number of ether oxygens (including phenoxy) is 6. The smallest absolute Gasteiger partial charge is 0.364 e. The molecule has 90 heavy (non-hydrogen) atoms. The number of amides is 2. The summed E-state index contributed by atoms with van der Waals surface area (Å²) in [7, 11) is 0. The number of nitrogens with one attached hydrogen (secondary N) is 2. The van der Waals surface area contributed by atoms with Crippen LogP contribution in [0.2, 0.25) is 0 Å². The van der Waals surface area contributed by atoms with Gasteiger partial charge in [-0.1, -0.05) is 205 Å². The van der Waals surface area contributed by atoms with E-state index in [1.54, 1.807) is 6.08 Å². The monoisotopic (exact) mass is 1290 g/mol. The molecule has 0 spiro atoms. The molecular formula is C67H122N2O21. The number of unbranched alkanes of at least 4 members (excludes halogenated alkanes) is 30. The number of carbonyl (C=O) groups excluding carboxylic acids is 2. The number of aliphatic hydroxyl groups is 11. The first-order valence-corrected chi connectivity index (χ1v) is 34.7. The van der Waals surface area contributed by atoms with Crippen LogP contribution >= 0.6 is 0 Å². The average Bonchev–Trinajstić information content (AvgIpc) is 0.834. The van der Waals surface area contributed by atoms with Gasteiger partial charge >= 0.3 is 5.97 Å². The van der Waals surface area contributed by atoms with Crippen LogP contribution < -0.4 is 10.6 Å². The fourth-order valence-corrected chi connectivity index (χ4v) is 12.1. The van der Waals surface area contributed by atoms with E-state index in [0.717, 1.165) is 51.9 Å². The maximum atomic E-state index is 13.4. The van der Waals surface area contributed by atoms with Crippen molar-refractivity contribution in [3.05, 3.63) is 24.3 Å². The Balaban J connectivity index is 1.59. The summed E-state index contributed by atoms with van der Waals surface area (Å²) in [5.41, 5.74) is 0. The minimum Gasteiger partial charge on any atom is -0.477 e. The molecule has 3 aliphatic rings. The molecule has 23 nitrogen and oxygen atoms in total. The van der Waals surface area contributed by atoms with E-state index in [1.807, 2.05) is 6.08 Å². The molecule has 0 saturated carbocycles. The maximum Gasteiger partial charge on any atom is 0.364 e. The molecule has 3 aliphatic heterocycles. The van der Waals surface area contributed by atoms with E-state index >= 15 is 0 Å². The second kappa shape index (κ2) is 48.0. The van der Waals surface area contributed by atoms with Gasteiger partial charge in [0.05, 0.1) is 50.7 Å². The number of carbonyl (C=O) groups is 3. The Bertz CT molecular complexity index is 1920. The van der Waals surface area contributed by atoms with Crippen LogP contribution in [0.4, 0.5) is 0 Å². The van der Waals surface area contributed by atoms with E-state index in [0.29, 0.717) is 12.8 Å². The highest BCUT2D eigenvalue weighted by atomic mass is 16.8. The summed E-state index contributed by atoms with van der Waals surface area (Å²) in [6.45, 7) is 2.11. The molecule has 0 aromatic heterocycles. The molecule has 3 fully saturated rings. The summed E-state index contributed by atoms with van der Waals surface area (Å²) in [6, 6.07) is -2.63. The lowest BCUT2D eigenvalue weighted by Crippen LogP contribution is -2.70. The van der Waals surface area contributed by atoms with Crippen molar-refractivity contribution in [3.8, 4) is 0 Å². The Morgan fingerprint density at radius 2 is 1.04 bits per heavy atom. The van der Waals surface area contributed by atoms with Crippen LogP contribution in [0.5, 0.6) is 0 Å². The number of rotatable bonds is 52. The van der Waals surface area contributed by atoms with E-state index in [1.165, 1.54) is 154 Å². The number of aliphatic carboxylic acids is 1. The van der Waals surface area contributed by atoms with Crippen molar-refractivity contribution < 1.29 is 104 Å².